The molecule has 0 aliphatic rings. The lowest BCUT2D eigenvalue weighted by Crippen LogP contribution is -2.38. The molecule has 1 aromatic rings. The van der Waals surface area contributed by atoms with Crippen LogP contribution in [0.25, 0.3) is 6.08 Å². The topological polar surface area (TPSA) is 58.6 Å². The van der Waals surface area contributed by atoms with E-state index < -0.39 is 0 Å². The fourth-order valence-corrected chi connectivity index (χ4v) is 1.91. The quantitative estimate of drug-likeness (QED) is 0.751. The van der Waals surface area contributed by atoms with Crippen molar-refractivity contribution >= 4 is 12.0 Å². The maximum Gasteiger partial charge on any atom is 0.244 e. The van der Waals surface area contributed by atoms with E-state index in [4.69, 9.17) is 9.84 Å². The van der Waals surface area contributed by atoms with Gasteiger partial charge in [0.05, 0.1) is 7.11 Å². The van der Waals surface area contributed by atoms with E-state index in [2.05, 4.69) is 5.32 Å². The largest absolute Gasteiger partial charge is 0.496 e. The molecule has 1 aromatic carbocycles. The first-order chi connectivity index (χ1) is 9.58. The Morgan fingerprint density at radius 3 is 2.70 bits per heavy atom. The lowest BCUT2D eigenvalue weighted by atomic mass is 10.0. The van der Waals surface area contributed by atoms with Crippen molar-refractivity contribution in [2.75, 3.05) is 13.7 Å². The number of aliphatic hydroxyl groups is 1. The van der Waals surface area contributed by atoms with Gasteiger partial charge in [-0.15, -0.1) is 0 Å². The molecule has 1 rings (SSSR count). The van der Waals surface area contributed by atoms with Gasteiger partial charge in [0.1, 0.15) is 5.75 Å². The van der Waals surface area contributed by atoms with E-state index in [0.717, 1.165) is 11.3 Å². The van der Waals surface area contributed by atoms with Gasteiger partial charge >= 0.3 is 0 Å². The molecular weight excluding hydrogens is 254 g/mol. The van der Waals surface area contributed by atoms with Crippen LogP contribution in [-0.4, -0.2) is 30.8 Å². The Morgan fingerprint density at radius 2 is 2.10 bits per heavy atom. The van der Waals surface area contributed by atoms with Crippen molar-refractivity contribution in [1.29, 1.82) is 0 Å². The molecule has 0 saturated carbocycles. The van der Waals surface area contributed by atoms with Gasteiger partial charge in [-0.3, -0.25) is 4.79 Å². The lowest BCUT2D eigenvalue weighted by molar-refractivity contribution is -0.117. The molecule has 0 aliphatic heterocycles. The first-order valence-corrected chi connectivity index (χ1v) is 6.81. The van der Waals surface area contributed by atoms with E-state index in [1.807, 2.05) is 38.1 Å². The molecule has 0 saturated heterocycles. The van der Waals surface area contributed by atoms with Gasteiger partial charge in [-0.05, 0) is 24.5 Å². The van der Waals surface area contributed by atoms with Crippen LogP contribution in [0.3, 0.4) is 0 Å². The van der Waals surface area contributed by atoms with Crippen LogP contribution >= 0.6 is 0 Å². The van der Waals surface area contributed by atoms with Crippen molar-refractivity contribution < 1.29 is 14.6 Å². The maximum absolute atomic E-state index is 11.9. The van der Waals surface area contributed by atoms with Crippen molar-refractivity contribution in [1.82, 2.24) is 5.32 Å². The smallest absolute Gasteiger partial charge is 0.244 e. The van der Waals surface area contributed by atoms with Gasteiger partial charge in [0.15, 0.2) is 0 Å². The summed E-state index contributed by atoms with van der Waals surface area (Å²) in [6, 6.07) is 7.49. The summed E-state index contributed by atoms with van der Waals surface area (Å²) in [5, 5.41) is 11.9. The molecular formula is C16H23NO3. The van der Waals surface area contributed by atoms with Crippen molar-refractivity contribution in [2.45, 2.75) is 26.3 Å². The molecule has 4 heteroatoms. The van der Waals surface area contributed by atoms with E-state index in [1.54, 1.807) is 13.2 Å². The first-order valence-electron chi connectivity index (χ1n) is 6.81. The molecule has 20 heavy (non-hydrogen) atoms. The van der Waals surface area contributed by atoms with Crippen LogP contribution in [0.2, 0.25) is 0 Å². The van der Waals surface area contributed by atoms with Crippen molar-refractivity contribution in [2.24, 2.45) is 5.92 Å². The van der Waals surface area contributed by atoms with E-state index in [0.29, 0.717) is 6.42 Å². The minimum absolute atomic E-state index is 0.0187. The molecule has 4 nitrogen and oxygen atoms in total. The Balaban J connectivity index is 2.67. The Morgan fingerprint density at radius 1 is 1.40 bits per heavy atom. The number of amides is 1. The van der Waals surface area contributed by atoms with Gasteiger partial charge in [-0.1, -0.05) is 32.0 Å². The average Bonchev–Trinajstić information content (AvgIpc) is 2.44. The fraction of sp³-hybridized carbons (Fsp3) is 0.438. The maximum atomic E-state index is 11.9. The monoisotopic (exact) mass is 277 g/mol. The molecule has 1 atom stereocenters. The number of nitrogens with one attached hydrogen (secondary N) is 1. The van der Waals surface area contributed by atoms with Crippen molar-refractivity contribution in [3.05, 3.63) is 35.9 Å². The van der Waals surface area contributed by atoms with Gasteiger partial charge in [-0.25, -0.2) is 0 Å². The third kappa shape index (κ3) is 5.05. The molecule has 0 aromatic heterocycles. The van der Waals surface area contributed by atoms with E-state index >= 15 is 0 Å². The number of hydrogen-bond acceptors (Lipinski definition) is 3. The second-order valence-electron chi connectivity index (χ2n) is 4.95. The highest BCUT2D eigenvalue weighted by atomic mass is 16.5. The summed E-state index contributed by atoms with van der Waals surface area (Å²) in [5.41, 5.74) is 0.855. The van der Waals surface area contributed by atoms with Crippen molar-refractivity contribution in [3.63, 3.8) is 0 Å². The molecule has 0 spiro atoms. The molecule has 0 fully saturated rings. The normalized spacial score (nSPS) is 12.7. The number of carbonyl (C=O) groups is 1. The summed E-state index contributed by atoms with van der Waals surface area (Å²) in [6.07, 6.45) is 3.78. The Bertz CT molecular complexity index is 455. The van der Waals surface area contributed by atoms with E-state index in [1.165, 1.54) is 6.08 Å². The molecule has 0 heterocycles. The van der Waals surface area contributed by atoms with Crippen LogP contribution in [-0.2, 0) is 4.79 Å². The zero-order valence-electron chi connectivity index (χ0n) is 12.3. The summed E-state index contributed by atoms with van der Waals surface area (Å²) in [4.78, 5) is 11.9. The number of rotatable bonds is 7. The molecule has 1 amide bonds. The van der Waals surface area contributed by atoms with Crippen molar-refractivity contribution in [3.8, 4) is 5.75 Å². The summed E-state index contributed by atoms with van der Waals surface area (Å²) < 4.78 is 5.22. The van der Waals surface area contributed by atoms with Gasteiger partial charge in [0.2, 0.25) is 5.91 Å². The zero-order valence-corrected chi connectivity index (χ0v) is 12.3. The van der Waals surface area contributed by atoms with Gasteiger partial charge in [0, 0.05) is 24.3 Å². The van der Waals surface area contributed by atoms with Crippen LogP contribution in [0.4, 0.5) is 0 Å². The number of carbonyl (C=O) groups excluding carboxylic acids is 1. The van der Waals surface area contributed by atoms with Crippen LogP contribution in [0.5, 0.6) is 5.75 Å². The second-order valence-corrected chi connectivity index (χ2v) is 4.95. The predicted molar refractivity (Wildman–Crippen MR) is 80.5 cm³/mol. The zero-order chi connectivity index (χ0) is 15.0. The summed E-state index contributed by atoms with van der Waals surface area (Å²) >= 11 is 0. The minimum Gasteiger partial charge on any atom is -0.496 e. The number of para-hydroxylation sites is 1. The third-order valence-electron chi connectivity index (χ3n) is 3.13. The number of hydrogen-bond donors (Lipinski definition) is 2. The fourth-order valence-electron chi connectivity index (χ4n) is 1.91. The number of methoxy groups -OCH3 is 1. The highest BCUT2D eigenvalue weighted by molar-refractivity contribution is 5.92. The second kappa shape index (κ2) is 8.38. The number of aliphatic hydroxyl groups excluding tert-OH is 1. The van der Waals surface area contributed by atoms with Crippen LogP contribution in [0.15, 0.2) is 30.3 Å². The Labute approximate surface area is 120 Å². The molecule has 110 valence electrons. The molecule has 0 bridgehead atoms. The van der Waals surface area contributed by atoms with Crippen LogP contribution in [0, 0.1) is 5.92 Å². The molecule has 0 aliphatic carbocycles. The third-order valence-corrected chi connectivity index (χ3v) is 3.13. The molecule has 0 radical (unpaired) electrons. The summed E-state index contributed by atoms with van der Waals surface area (Å²) in [5.74, 6) is 0.848. The van der Waals surface area contributed by atoms with Gasteiger partial charge in [0.25, 0.3) is 0 Å². The Kier molecular flexibility index (Phi) is 6.81. The lowest BCUT2D eigenvalue weighted by Gasteiger charge is -2.20. The SMILES string of the molecule is COc1ccccc1/C=C/C(=O)NC(CCO)C(C)C. The Hall–Kier alpha value is -1.81. The number of ether oxygens (including phenoxy) is 1. The van der Waals surface area contributed by atoms with E-state index in [-0.39, 0.29) is 24.5 Å². The van der Waals surface area contributed by atoms with Gasteiger partial charge in [-0.2, -0.15) is 0 Å². The first kappa shape index (κ1) is 16.2. The molecule has 2 N–H and O–H groups in total. The van der Waals surface area contributed by atoms with Crippen LogP contribution < -0.4 is 10.1 Å². The standard InChI is InChI=1S/C16H23NO3/c1-12(2)14(10-11-18)17-16(19)9-8-13-6-4-5-7-15(13)20-3/h4-9,12,14,18H,10-11H2,1-3H3,(H,17,19)/b9-8+. The minimum atomic E-state index is -0.164. The predicted octanol–water partition coefficient (Wildman–Crippen LogP) is 2.23. The highest BCUT2D eigenvalue weighted by Gasteiger charge is 2.14. The highest BCUT2D eigenvalue weighted by Crippen LogP contribution is 2.18. The molecule has 1 unspecified atom stereocenters. The summed E-state index contributed by atoms with van der Waals surface area (Å²) in [6.45, 7) is 4.11. The number of benzene rings is 1. The van der Waals surface area contributed by atoms with E-state index in [9.17, 15) is 4.79 Å². The average molecular weight is 277 g/mol. The van der Waals surface area contributed by atoms with Crippen LogP contribution in [0.1, 0.15) is 25.8 Å². The summed E-state index contributed by atoms with van der Waals surface area (Å²) in [7, 11) is 1.60. The van der Waals surface area contributed by atoms with Gasteiger partial charge < -0.3 is 15.2 Å².